The van der Waals surface area contributed by atoms with Crippen molar-refractivity contribution in [3.8, 4) is 0 Å². The molecule has 2 nitrogen and oxygen atoms in total. The minimum Gasteiger partial charge on any atom is -0.390 e. The third-order valence-corrected chi connectivity index (χ3v) is 2.18. The molecule has 3 fully saturated rings. The number of ether oxygens (including phenoxy) is 1. The summed E-state index contributed by atoms with van der Waals surface area (Å²) in [5, 5.41) is 9.09. The standard InChI is InChI=1S/C6H10O2/c7-6-3-8-5-1-4(6)2-5/h4-7H,1-3H2. The Balaban J connectivity index is 2.01. The Morgan fingerprint density at radius 2 is 2.12 bits per heavy atom. The number of hydrogen-bond acceptors (Lipinski definition) is 2. The van der Waals surface area contributed by atoms with Gasteiger partial charge < -0.3 is 9.84 Å². The summed E-state index contributed by atoms with van der Waals surface area (Å²) in [6, 6.07) is 0. The van der Waals surface area contributed by atoms with Crippen molar-refractivity contribution in [1.82, 2.24) is 0 Å². The molecule has 1 saturated carbocycles. The molecule has 0 amide bonds. The van der Waals surface area contributed by atoms with Gasteiger partial charge in [-0.3, -0.25) is 0 Å². The Kier molecular flexibility index (Phi) is 0.866. The van der Waals surface area contributed by atoms with Crippen LogP contribution < -0.4 is 0 Å². The Bertz CT molecular complexity index is 91.2. The highest BCUT2D eigenvalue weighted by Gasteiger charge is 2.39. The summed E-state index contributed by atoms with van der Waals surface area (Å²) >= 11 is 0. The fourth-order valence-electron chi connectivity index (χ4n) is 1.43. The second kappa shape index (κ2) is 1.45. The van der Waals surface area contributed by atoms with E-state index in [4.69, 9.17) is 9.84 Å². The van der Waals surface area contributed by atoms with E-state index >= 15 is 0 Å². The van der Waals surface area contributed by atoms with Crippen LogP contribution in [0.2, 0.25) is 0 Å². The molecule has 0 aromatic carbocycles. The van der Waals surface area contributed by atoms with E-state index in [1.165, 1.54) is 0 Å². The minimum absolute atomic E-state index is 0.153. The average molecular weight is 114 g/mol. The summed E-state index contributed by atoms with van der Waals surface area (Å²) in [6.45, 7) is 0.579. The normalized spacial score (nSPS) is 52.9. The summed E-state index contributed by atoms with van der Waals surface area (Å²) in [5.41, 5.74) is 0. The zero-order valence-electron chi connectivity index (χ0n) is 4.71. The molecule has 8 heavy (non-hydrogen) atoms. The van der Waals surface area contributed by atoms with Crippen molar-refractivity contribution in [2.24, 2.45) is 5.92 Å². The van der Waals surface area contributed by atoms with Crippen LogP contribution in [0.15, 0.2) is 0 Å². The van der Waals surface area contributed by atoms with Crippen molar-refractivity contribution in [2.45, 2.75) is 25.0 Å². The fourth-order valence-corrected chi connectivity index (χ4v) is 1.43. The molecule has 1 unspecified atom stereocenters. The molecule has 2 aliphatic heterocycles. The van der Waals surface area contributed by atoms with Gasteiger partial charge in [-0.25, -0.2) is 0 Å². The topological polar surface area (TPSA) is 29.5 Å². The highest BCUT2D eigenvalue weighted by atomic mass is 16.5. The lowest BCUT2D eigenvalue weighted by Crippen LogP contribution is -2.47. The molecular weight excluding hydrogens is 104 g/mol. The Morgan fingerprint density at radius 1 is 1.38 bits per heavy atom. The van der Waals surface area contributed by atoms with Gasteiger partial charge in [0.05, 0.1) is 18.8 Å². The second-order valence-electron chi connectivity index (χ2n) is 2.75. The van der Waals surface area contributed by atoms with Crippen molar-refractivity contribution in [3.63, 3.8) is 0 Å². The number of rotatable bonds is 0. The van der Waals surface area contributed by atoms with Crippen LogP contribution in [0, 0.1) is 5.92 Å². The monoisotopic (exact) mass is 114 g/mol. The molecule has 1 aliphatic carbocycles. The Hall–Kier alpha value is -0.0800. The third-order valence-electron chi connectivity index (χ3n) is 2.18. The van der Waals surface area contributed by atoms with Gasteiger partial charge in [0.15, 0.2) is 0 Å². The van der Waals surface area contributed by atoms with Gasteiger partial charge in [0.2, 0.25) is 0 Å². The van der Waals surface area contributed by atoms with Crippen LogP contribution in [-0.4, -0.2) is 23.9 Å². The molecule has 0 aromatic rings. The molecule has 1 atom stereocenters. The van der Waals surface area contributed by atoms with Gasteiger partial charge in [0.1, 0.15) is 0 Å². The SMILES string of the molecule is OC1COC2CC1C2. The van der Waals surface area contributed by atoms with E-state index in [1.54, 1.807) is 0 Å². The van der Waals surface area contributed by atoms with E-state index < -0.39 is 0 Å². The molecule has 46 valence electrons. The number of aliphatic hydroxyl groups is 1. The quantitative estimate of drug-likeness (QED) is 0.486. The van der Waals surface area contributed by atoms with E-state index in [0.717, 1.165) is 12.8 Å². The van der Waals surface area contributed by atoms with Crippen LogP contribution in [0.4, 0.5) is 0 Å². The van der Waals surface area contributed by atoms with Crippen LogP contribution in [0.1, 0.15) is 12.8 Å². The van der Waals surface area contributed by atoms with Crippen LogP contribution in [0.3, 0.4) is 0 Å². The lowest BCUT2D eigenvalue weighted by atomic mass is 9.76. The van der Waals surface area contributed by atoms with Crippen LogP contribution >= 0.6 is 0 Å². The molecule has 0 spiro atoms. The van der Waals surface area contributed by atoms with Gasteiger partial charge in [0, 0.05) is 0 Å². The van der Waals surface area contributed by atoms with Gasteiger partial charge in [-0.15, -0.1) is 0 Å². The summed E-state index contributed by atoms with van der Waals surface area (Å²) < 4.78 is 5.21. The molecule has 2 heteroatoms. The summed E-state index contributed by atoms with van der Waals surface area (Å²) in [7, 11) is 0. The molecular formula is C6H10O2. The lowest BCUT2D eigenvalue weighted by Gasteiger charge is -2.43. The van der Waals surface area contributed by atoms with E-state index in [-0.39, 0.29) is 6.10 Å². The molecule has 3 aliphatic rings. The van der Waals surface area contributed by atoms with E-state index in [2.05, 4.69) is 0 Å². The van der Waals surface area contributed by atoms with Crippen molar-refractivity contribution in [2.75, 3.05) is 6.61 Å². The first-order chi connectivity index (χ1) is 3.86. The highest BCUT2D eigenvalue weighted by molar-refractivity contribution is 4.89. The number of aliphatic hydroxyl groups excluding tert-OH is 1. The molecule has 2 bridgehead atoms. The van der Waals surface area contributed by atoms with Crippen molar-refractivity contribution in [3.05, 3.63) is 0 Å². The summed E-state index contributed by atoms with van der Waals surface area (Å²) in [5.74, 6) is 0.578. The van der Waals surface area contributed by atoms with Crippen molar-refractivity contribution < 1.29 is 9.84 Å². The summed E-state index contributed by atoms with van der Waals surface area (Å²) in [4.78, 5) is 0. The van der Waals surface area contributed by atoms with Crippen molar-refractivity contribution in [1.29, 1.82) is 0 Å². The molecule has 1 N–H and O–H groups in total. The first kappa shape index (κ1) is 4.77. The lowest BCUT2D eigenvalue weighted by molar-refractivity contribution is -0.159. The van der Waals surface area contributed by atoms with Gasteiger partial charge in [0.25, 0.3) is 0 Å². The first-order valence-corrected chi connectivity index (χ1v) is 3.16. The van der Waals surface area contributed by atoms with E-state index in [9.17, 15) is 0 Å². The molecule has 3 rings (SSSR count). The predicted octanol–water partition coefficient (Wildman–Crippen LogP) is 0.156. The number of fused-ring (bicyclic) bond motifs is 2. The Morgan fingerprint density at radius 3 is 2.38 bits per heavy atom. The molecule has 0 radical (unpaired) electrons. The van der Waals surface area contributed by atoms with E-state index in [0.29, 0.717) is 18.6 Å². The first-order valence-electron chi connectivity index (χ1n) is 3.16. The number of hydrogen-bond donors (Lipinski definition) is 1. The minimum atomic E-state index is -0.153. The zero-order valence-corrected chi connectivity index (χ0v) is 4.71. The van der Waals surface area contributed by atoms with E-state index in [1.807, 2.05) is 0 Å². The van der Waals surface area contributed by atoms with Crippen molar-refractivity contribution >= 4 is 0 Å². The van der Waals surface area contributed by atoms with Gasteiger partial charge >= 0.3 is 0 Å². The Labute approximate surface area is 48.5 Å². The van der Waals surface area contributed by atoms with Gasteiger partial charge in [-0.2, -0.15) is 0 Å². The van der Waals surface area contributed by atoms with Crippen LogP contribution in [0.25, 0.3) is 0 Å². The average Bonchev–Trinajstić information content (AvgIpc) is 1.62. The molecule has 2 heterocycles. The molecule has 0 aromatic heterocycles. The maximum atomic E-state index is 9.09. The van der Waals surface area contributed by atoms with Crippen LogP contribution in [-0.2, 0) is 4.74 Å². The second-order valence-corrected chi connectivity index (χ2v) is 2.75. The zero-order chi connectivity index (χ0) is 5.56. The highest BCUT2D eigenvalue weighted by Crippen LogP contribution is 2.37. The summed E-state index contributed by atoms with van der Waals surface area (Å²) in [6.07, 6.45) is 2.55. The van der Waals surface area contributed by atoms with Gasteiger partial charge in [-0.1, -0.05) is 0 Å². The maximum Gasteiger partial charge on any atom is 0.0803 e. The smallest absolute Gasteiger partial charge is 0.0803 e. The third kappa shape index (κ3) is 0.501. The largest absolute Gasteiger partial charge is 0.390 e. The predicted molar refractivity (Wildman–Crippen MR) is 28.5 cm³/mol. The fraction of sp³-hybridized carbons (Fsp3) is 1.00. The molecule has 2 saturated heterocycles. The van der Waals surface area contributed by atoms with Crippen LogP contribution in [0.5, 0.6) is 0 Å². The maximum absolute atomic E-state index is 9.09. The van der Waals surface area contributed by atoms with Gasteiger partial charge in [-0.05, 0) is 18.8 Å².